The maximum Gasteiger partial charge on any atom is 0.323 e. The zero-order valence-electron chi connectivity index (χ0n) is 10.3. The molecule has 7 nitrogen and oxygen atoms in total. The molecule has 0 saturated heterocycles. The number of urea groups is 1. The second kappa shape index (κ2) is 7.48. The number of nitrogens with one attached hydrogen (secondary N) is 2. The van der Waals surface area contributed by atoms with Crippen molar-refractivity contribution in [1.29, 1.82) is 0 Å². The number of carboxylic acids is 1. The van der Waals surface area contributed by atoms with Crippen LogP contribution in [0.1, 0.15) is 20.3 Å². The molecule has 0 rings (SSSR count). The molecule has 0 aliphatic rings. The zero-order valence-corrected chi connectivity index (χ0v) is 10.3. The number of carbonyl (C=O) groups is 3. The molecule has 0 aromatic heterocycles. The molecule has 0 aliphatic heterocycles. The minimum atomic E-state index is -1.08. The number of carbonyl (C=O) groups excluding carboxylic acids is 2. The van der Waals surface area contributed by atoms with Crippen LogP contribution in [-0.4, -0.2) is 54.1 Å². The Morgan fingerprint density at radius 2 is 1.94 bits per heavy atom. The molecular weight excluding hydrogens is 226 g/mol. The summed E-state index contributed by atoms with van der Waals surface area (Å²) in [6.07, 6.45) is 0.648. The molecule has 7 heteroatoms. The maximum atomic E-state index is 11.7. The SMILES string of the molecule is CCCN(CC(=O)O)C(=O)NC(C)C(=O)NC. The molecule has 0 spiro atoms. The van der Waals surface area contributed by atoms with Gasteiger partial charge in [0.1, 0.15) is 12.6 Å². The van der Waals surface area contributed by atoms with Crippen LogP contribution >= 0.6 is 0 Å². The van der Waals surface area contributed by atoms with Crippen molar-refractivity contribution in [2.45, 2.75) is 26.3 Å². The first-order valence-corrected chi connectivity index (χ1v) is 5.41. The lowest BCUT2D eigenvalue weighted by molar-refractivity contribution is -0.137. The first-order valence-electron chi connectivity index (χ1n) is 5.41. The molecule has 17 heavy (non-hydrogen) atoms. The maximum absolute atomic E-state index is 11.7. The fraction of sp³-hybridized carbons (Fsp3) is 0.700. The van der Waals surface area contributed by atoms with E-state index < -0.39 is 18.0 Å². The van der Waals surface area contributed by atoms with Crippen LogP contribution in [0.2, 0.25) is 0 Å². The number of hydrogen-bond acceptors (Lipinski definition) is 3. The highest BCUT2D eigenvalue weighted by atomic mass is 16.4. The highest BCUT2D eigenvalue weighted by Gasteiger charge is 2.20. The molecule has 0 heterocycles. The first kappa shape index (κ1) is 15.2. The van der Waals surface area contributed by atoms with E-state index in [-0.39, 0.29) is 12.5 Å². The van der Waals surface area contributed by atoms with Crippen molar-refractivity contribution in [1.82, 2.24) is 15.5 Å². The summed E-state index contributed by atoms with van der Waals surface area (Å²) < 4.78 is 0. The van der Waals surface area contributed by atoms with E-state index >= 15 is 0 Å². The standard InChI is InChI=1S/C10H19N3O4/c1-4-5-13(6-8(14)15)10(17)12-7(2)9(16)11-3/h7H,4-6H2,1-3H3,(H,11,16)(H,12,17)(H,14,15). The van der Waals surface area contributed by atoms with E-state index in [4.69, 9.17) is 5.11 Å². The lowest BCUT2D eigenvalue weighted by atomic mass is 10.3. The molecule has 0 bridgehead atoms. The Labute approximate surface area is 100 Å². The van der Waals surface area contributed by atoms with E-state index in [0.29, 0.717) is 13.0 Å². The molecule has 0 aromatic carbocycles. The number of aliphatic carboxylic acids is 1. The molecule has 1 unspecified atom stereocenters. The zero-order chi connectivity index (χ0) is 13.4. The third-order valence-corrected chi connectivity index (χ3v) is 2.09. The summed E-state index contributed by atoms with van der Waals surface area (Å²) in [5.41, 5.74) is 0. The molecular formula is C10H19N3O4. The van der Waals surface area contributed by atoms with Crippen LogP contribution in [0.25, 0.3) is 0 Å². The van der Waals surface area contributed by atoms with Crippen molar-refractivity contribution in [3.8, 4) is 0 Å². The van der Waals surface area contributed by atoms with Crippen LogP contribution in [-0.2, 0) is 9.59 Å². The summed E-state index contributed by atoms with van der Waals surface area (Å²) >= 11 is 0. The number of carboxylic acid groups (broad SMARTS) is 1. The summed E-state index contributed by atoms with van der Waals surface area (Å²) in [5, 5.41) is 13.5. The molecule has 0 saturated carbocycles. The number of rotatable bonds is 6. The summed E-state index contributed by atoms with van der Waals surface area (Å²) in [6, 6.07) is -1.24. The van der Waals surface area contributed by atoms with Gasteiger partial charge in [-0.1, -0.05) is 6.92 Å². The fourth-order valence-corrected chi connectivity index (χ4v) is 1.24. The Morgan fingerprint density at radius 1 is 1.35 bits per heavy atom. The average molecular weight is 245 g/mol. The van der Waals surface area contributed by atoms with Gasteiger partial charge in [-0.15, -0.1) is 0 Å². The number of hydrogen-bond donors (Lipinski definition) is 3. The lowest BCUT2D eigenvalue weighted by Crippen LogP contribution is -2.50. The van der Waals surface area contributed by atoms with Gasteiger partial charge in [-0.05, 0) is 13.3 Å². The highest BCUT2D eigenvalue weighted by molar-refractivity contribution is 5.87. The third-order valence-electron chi connectivity index (χ3n) is 2.09. The summed E-state index contributed by atoms with van der Waals surface area (Å²) in [4.78, 5) is 34.6. The van der Waals surface area contributed by atoms with E-state index in [1.807, 2.05) is 6.92 Å². The summed E-state index contributed by atoms with van der Waals surface area (Å²) in [5.74, 6) is -1.41. The van der Waals surface area contributed by atoms with Gasteiger partial charge in [-0.2, -0.15) is 0 Å². The van der Waals surface area contributed by atoms with E-state index in [1.165, 1.54) is 14.0 Å². The van der Waals surface area contributed by atoms with Gasteiger partial charge in [0.15, 0.2) is 0 Å². The summed E-state index contributed by atoms with van der Waals surface area (Å²) in [6.45, 7) is 3.32. The van der Waals surface area contributed by atoms with Crippen LogP contribution in [0, 0.1) is 0 Å². The molecule has 3 N–H and O–H groups in total. The highest BCUT2D eigenvalue weighted by Crippen LogP contribution is 1.94. The van der Waals surface area contributed by atoms with Crippen molar-refractivity contribution >= 4 is 17.9 Å². The van der Waals surface area contributed by atoms with Crippen molar-refractivity contribution < 1.29 is 19.5 Å². The van der Waals surface area contributed by atoms with E-state index in [9.17, 15) is 14.4 Å². The van der Waals surface area contributed by atoms with Gasteiger partial charge in [-0.3, -0.25) is 9.59 Å². The third kappa shape index (κ3) is 5.74. The largest absolute Gasteiger partial charge is 0.480 e. The quantitative estimate of drug-likeness (QED) is 0.594. The van der Waals surface area contributed by atoms with E-state index in [0.717, 1.165) is 4.90 Å². The molecule has 0 aliphatic carbocycles. The minimum Gasteiger partial charge on any atom is -0.480 e. The predicted molar refractivity (Wildman–Crippen MR) is 61.6 cm³/mol. The van der Waals surface area contributed by atoms with Crippen LogP contribution < -0.4 is 10.6 Å². The summed E-state index contributed by atoms with van der Waals surface area (Å²) in [7, 11) is 1.46. The van der Waals surface area contributed by atoms with Gasteiger partial charge in [0.05, 0.1) is 0 Å². The van der Waals surface area contributed by atoms with E-state index in [2.05, 4.69) is 10.6 Å². The van der Waals surface area contributed by atoms with Crippen molar-refractivity contribution in [2.24, 2.45) is 0 Å². The Morgan fingerprint density at radius 3 is 2.35 bits per heavy atom. The minimum absolute atomic E-state index is 0.329. The smallest absolute Gasteiger partial charge is 0.323 e. The monoisotopic (exact) mass is 245 g/mol. The topological polar surface area (TPSA) is 98.7 Å². The average Bonchev–Trinajstić information content (AvgIpc) is 2.26. The van der Waals surface area contributed by atoms with Gasteiger partial charge < -0.3 is 20.6 Å². The molecule has 3 amide bonds. The molecule has 98 valence electrons. The Hall–Kier alpha value is -1.79. The first-order chi connectivity index (χ1) is 7.92. The van der Waals surface area contributed by atoms with Gasteiger partial charge in [0.25, 0.3) is 0 Å². The number of nitrogens with zero attached hydrogens (tertiary/aromatic N) is 1. The predicted octanol–water partition coefficient (Wildman–Crippen LogP) is -0.373. The van der Waals surface area contributed by atoms with Gasteiger partial charge in [0, 0.05) is 13.6 Å². The molecule has 0 aromatic rings. The number of likely N-dealkylation sites (N-methyl/N-ethyl adjacent to an activating group) is 1. The lowest BCUT2D eigenvalue weighted by Gasteiger charge is -2.22. The second-order valence-electron chi connectivity index (χ2n) is 3.60. The Bertz CT molecular complexity index is 293. The van der Waals surface area contributed by atoms with Gasteiger partial charge in [0.2, 0.25) is 5.91 Å². The van der Waals surface area contributed by atoms with Crippen molar-refractivity contribution in [3.05, 3.63) is 0 Å². The second-order valence-corrected chi connectivity index (χ2v) is 3.60. The Balaban J connectivity index is 4.41. The van der Waals surface area contributed by atoms with Crippen molar-refractivity contribution in [2.75, 3.05) is 20.1 Å². The van der Waals surface area contributed by atoms with Crippen LogP contribution in [0.3, 0.4) is 0 Å². The fourth-order valence-electron chi connectivity index (χ4n) is 1.24. The normalized spacial score (nSPS) is 11.5. The van der Waals surface area contributed by atoms with Crippen molar-refractivity contribution in [3.63, 3.8) is 0 Å². The van der Waals surface area contributed by atoms with Crippen LogP contribution in [0.15, 0.2) is 0 Å². The Kier molecular flexibility index (Phi) is 6.69. The molecule has 1 atom stereocenters. The van der Waals surface area contributed by atoms with Crippen LogP contribution in [0.5, 0.6) is 0 Å². The van der Waals surface area contributed by atoms with Gasteiger partial charge in [-0.25, -0.2) is 4.79 Å². The number of amides is 3. The molecule has 0 fully saturated rings. The van der Waals surface area contributed by atoms with E-state index in [1.54, 1.807) is 0 Å². The van der Waals surface area contributed by atoms with Crippen LogP contribution in [0.4, 0.5) is 4.79 Å². The van der Waals surface area contributed by atoms with Gasteiger partial charge >= 0.3 is 12.0 Å². The molecule has 0 radical (unpaired) electrons.